The van der Waals surface area contributed by atoms with E-state index in [1.807, 2.05) is 6.07 Å². The van der Waals surface area contributed by atoms with Gasteiger partial charge in [-0.05, 0) is 18.2 Å². The second-order valence-electron chi connectivity index (χ2n) is 4.69. The predicted molar refractivity (Wildman–Crippen MR) is 79.9 cm³/mol. The third kappa shape index (κ3) is 2.91. The molecule has 0 radical (unpaired) electrons. The molecule has 0 amide bonds. The van der Waals surface area contributed by atoms with Crippen LogP contribution in [0.2, 0.25) is 5.02 Å². The van der Waals surface area contributed by atoms with Crippen molar-refractivity contribution in [1.82, 2.24) is 9.97 Å². The van der Waals surface area contributed by atoms with Crippen molar-refractivity contribution < 1.29 is 9.13 Å². The van der Waals surface area contributed by atoms with Crippen molar-refractivity contribution in [3.63, 3.8) is 0 Å². The molecule has 110 valence electrons. The largest absolute Gasteiger partial charge is 0.382 e. The van der Waals surface area contributed by atoms with Gasteiger partial charge in [0.05, 0.1) is 41.4 Å². The summed E-state index contributed by atoms with van der Waals surface area (Å²) in [4.78, 5) is 10.0. The molecule has 1 aliphatic rings. The van der Waals surface area contributed by atoms with Gasteiger partial charge in [-0.15, -0.1) is 0 Å². The number of hydrogen-bond acceptors (Lipinski definition) is 5. The lowest BCUT2D eigenvalue weighted by Gasteiger charge is -2.28. The van der Waals surface area contributed by atoms with Gasteiger partial charge >= 0.3 is 0 Å². The zero-order chi connectivity index (χ0) is 14.8. The zero-order valence-electron chi connectivity index (χ0n) is 11.2. The van der Waals surface area contributed by atoms with E-state index in [-0.39, 0.29) is 16.4 Å². The summed E-state index contributed by atoms with van der Waals surface area (Å²) in [5.74, 6) is -0.702. The molecule has 0 aromatic carbocycles. The van der Waals surface area contributed by atoms with Crippen molar-refractivity contribution in [3.8, 4) is 11.3 Å². The number of anilines is 2. The fourth-order valence-corrected chi connectivity index (χ4v) is 2.36. The first-order chi connectivity index (χ1) is 10.1. The number of hydrogen-bond donors (Lipinski definition) is 1. The van der Waals surface area contributed by atoms with Crippen LogP contribution in [0, 0.1) is 5.95 Å². The summed E-state index contributed by atoms with van der Waals surface area (Å²) in [6.07, 6.45) is 1.71. The molecular formula is C14H14ClFN4O. The Morgan fingerprint density at radius 1 is 1.29 bits per heavy atom. The van der Waals surface area contributed by atoms with Gasteiger partial charge in [0.1, 0.15) is 5.82 Å². The number of pyridine rings is 2. The van der Waals surface area contributed by atoms with Crippen molar-refractivity contribution in [2.45, 2.75) is 0 Å². The van der Waals surface area contributed by atoms with Gasteiger partial charge < -0.3 is 15.4 Å². The Morgan fingerprint density at radius 3 is 2.71 bits per heavy atom. The fraction of sp³-hybridized carbons (Fsp3) is 0.286. The van der Waals surface area contributed by atoms with Gasteiger partial charge in [0.25, 0.3) is 0 Å². The van der Waals surface area contributed by atoms with Crippen LogP contribution in [-0.2, 0) is 4.74 Å². The van der Waals surface area contributed by atoms with Crippen LogP contribution in [0.25, 0.3) is 11.3 Å². The molecule has 0 bridgehead atoms. The van der Waals surface area contributed by atoms with E-state index in [4.69, 9.17) is 22.1 Å². The summed E-state index contributed by atoms with van der Waals surface area (Å²) >= 11 is 5.88. The van der Waals surface area contributed by atoms with Crippen molar-refractivity contribution in [2.75, 3.05) is 36.9 Å². The van der Waals surface area contributed by atoms with E-state index < -0.39 is 5.95 Å². The van der Waals surface area contributed by atoms with Crippen LogP contribution in [0.5, 0.6) is 0 Å². The summed E-state index contributed by atoms with van der Waals surface area (Å²) in [6.45, 7) is 3.05. The number of nitrogen functional groups attached to an aromatic ring is 1. The molecule has 0 spiro atoms. The van der Waals surface area contributed by atoms with Crippen molar-refractivity contribution in [2.24, 2.45) is 0 Å². The molecule has 3 heterocycles. The van der Waals surface area contributed by atoms with Gasteiger partial charge in [-0.2, -0.15) is 4.39 Å². The SMILES string of the molecule is Nc1nc(F)c(-c2ccc(N3CCOCC3)cn2)cc1Cl. The summed E-state index contributed by atoms with van der Waals surface area (Å²) in [5, 5.41) is 0.213. The van der Waals surface area contributed by atoms with Crippen molar-refractivity contribution in [1.29, 1.82) is 0 Å². The molecule has 0 saturated carbocycles. The molecule has 5 nitrogen and oxygen atoms in total. The van der Waals surface area contributed by atoms with E-state index in [2.05, 4.69) is 14.9 Å². The van der Waals surface area contributed by atoms with Crippen LogP contribution < -0.4 is 10.6 Å². The first-order valence-electron chi connectivity index (χ1n) is 6.56. The molecule has 0 unspecified atom stereocenters. The number of ether oxygens (including phenoxy) is 1. The molecule has 2 aromatic heterocycles. The van der Waals surface area contributed by atoms with E-state index in [9.17, 15) is 4.39 Å². The lowest BCUT2D eigenvalue weighted by molar-refractivity contribution is 0.122. The fourth-order valence-electron chi connectivity index (χ4n) is 2.21. The van der Waals surface area contributed by atoms with Gasteiger partial charge in [-0.3, -0.25) is 4.98 Å². The molecule has 1 fully saturated rings. The zero-order valence-corrected chi connectivity index (χ0v) is 12.0. The smallest absolute Gasteiger partial charge is 0.224 e. The van der Waals surface area contributed by atoms with Crippen molar-refractivity contribution >= 4 is 23.1 Å². The number of halogens is 2. The van der Waals surface area contributed by atoms with Crippen LogP contribution in [0.15, 0.2) is 24.4 Å². The minimum atomic E-state index is -0.677. The average Bonchev–Trinajstić information content (AvgIpc) is 2.52. The van der Waals surface area contributed by atoms with Crippen LogP contribution in [-0.4, -0.2) is 36.3 Å². The van der Waals surface area contributed by atoms with Gasteiger partial charge in [-0.1, -0.05) is 11.6 Å². The van der Waals surface area contributed by atoms with Gasteiger partial charge in [0.2, 0.25) is 5.95 Å². The maximum Gasteiger partial charge on any atom is 0.224 e. The molecule has 0 aliphatic carbocycles. The topological polar surface area (TPSA) is 64.3 Å². The average molecular weight is 309 g/mol. The number of nitrogens with zero attached hydrogens (tertiary/aromatic N) is 3. The van der Waals surface area contributed by atoms with Crippen LogP contribution in [0.1, 0.15) is 0 Å². The summed E-state index contributed by atoms with van der Waals surface area (Å²) < 4.78 is 19.2. The molecule has 2 N–H and O–H groups in total. The quantitative estimate of drug-likeness (QED) is 0.863. The monoisotopic (exact) mass is 308 g/mol. The summed E-state index contributed by atoms with van der Waals surface area (Å²) in [6, 6.07) is 5.09. The first-order valence-corrected chi connectivity index (χ1v) is 6.93. The summed E-state index contributed by atoms with van der Waals surface area (Å²) in [7, 11) is 0. The lowest BCUT2D eigenvalue weighted by atomic mass is 10.1. The minimum absolute atomic E-state index is 0.0251. The molecule has 7 heteroatoms. The highest BCUT2D eigenvalue weighted by atomic mass is 35.5. The van der Waals surface area contributed by atoms with E-state index >= 15 is 0 Å². The van der Waals surface area contributed by atoms with E-state index in [1.54, 1.807) is 12.3 Å². The lowest BCUT2D eigenvalue weighted by Crippen LogP contribution is -2.36. The van der Waals surface area contributed by atoms with Gasteiger partial charge in [0.15, 0.2) is 0 Å². The molecule has 1 saturated heterocycles. The Balaban J connectivity index is 1.88. The van der Waals surface area contributed by atoms with E-state index in [0.717, 1.165) is 18.8 Å². The third-order valence-electron chi connectivity index (χ3n) is 3.36. The highest BCUT2D eigenvalue weighted by Crippen LogP contribution is 2.27. The maximum atomic E-state index is 13.9. The highest BCUT2D eigenvalue weighted by Gasteiger charge is 2.14. The Bertz CT molecular complexity index is 644. The molecule has 21 heavy (non-hydrogen) atoms. The second kappa shape index (κ2) is 5.83. The van der Waals surface area contributed by atoms with Crippen LogP contribution in [0.3, 0.4) is 0 Å². The summed E-state index contributed by atoms with van der Waals surface area (Å²) in [5.41, 5.74) is 7.16. The first kappa shape index (κ1) is 14.0. The minimum Gasteiger partial charge on any atom is -0.382 e. The Labute approximate surface area is 126 Å². The maximum absolute atomic E-state index is 13.9. The van der Waals surface area contributed by atoms with Crippen LogP contribution in [0.4, 0.5) is 15.9 Å². The molecule has 3 rings (SSSR count). The van der Waals surface area contributed by atoms with Gasteiger partial charge in [0, 0.05) is 13.1 Å². The number of morpholine rings is 1. The molecule has 0 atom stereocenters. The Morgan fingerprint density at radius 2 is 2.05 bits per heavy atom. The van der Waals surface area contributed by atoms with Gasteiger partial charge in [-0.25, -0.2) is 4.98 Å². The number of rotatable bonds is 2. The normalized spacial score (nSPS) is 15.2. The van der Waals surface area contributed by atoms with Crippen LogP contribution >= 0.6 is 11.6 Å². The number of aromatic nitrogens is 2. The van der Waals surface area contributed by atoms with E-state index in [1.165, 1.54) is 6.07 Å². The predicted octanol–water partition coefficient (Wildman–Crippen LogP) is 2.35. The molecule has 2 aromatic rings. The molecular weight excluding hydrogens is 295 g/mol. The highest BCUT2D eigenvalue weighted by molar-refractivity contribution is 6.33. The second-order valence-corrected chi connectivity index (χ2v) is 5.10. The van der Waals surface area contributed by atoms with Crippen molar-refractivity contribution in [3.05, 3.63) is 35.4 Å². The Hall–Kier alpha value is -1.92. The molecule has 1 aliphatic heterocycles. The number of nitrogens with two attached hydrogens (primary N) is 1. The standard InChI is InChI=1S/C14H14ClFN4O/c15-11-7-10(13(16)19-14(11)17)12-2-1-9(8-18-12)20-3-5-21-6-4-20/h1-2,7-8H,3-6H2,(H2,17,19). The van der Waals surface area contributed by atoms with E-state index in [0.29, 0.717) is 18.9 Å². The third-order valence-corrected chi connectivity index (χ3v) is 3.66. The Kier molecular flexibility index (Phi) is 3.90.